The van der Waals surface area contributed by atoms with E-state index in [0.717, 1.165) is 6.29 Å². The largest absolute Gasteiger partial charge is 0.414 e. The van der Waals surface area contributed by atoms with Gasteiger partial charge in [0.15, 0.2) is 22.4 Å². The molecule has 2 fully saturated rings. The quantitative estimate of drug-likeness (QED) is 0.269. The fraction of sp³-hybridized carbons (Fsp3) is 0.852. The molecule has 1 N–H and O–H groups in total. The Morgan fingerprint density at radius 2 is 1.74 bits per heavy atom. The molecule has 0 radical (unpaired) electrons. The maximum atomic E-state index is 13.1. The summed E-state index contributed by atoms with van der Waals surface area (Å²) in [4.78, 5) is 26.0. The summed E-state index contributed by atoms with van der Waals surface area (Å²) in [6.45, 7) is 24.0. The fourth-order valence-corrected chi connectivity index (χ4v) is 9.60. The highest BCUT2D eigenvalue weighted by Crippen LogP contribution is 2.72. The molecule has 34 heavy (non-hydrogen) atoms. The van der Waals surface area contributed by atoms with Crippen molar-refractivity contribution in [1.29, 1.82) is 0 Å². The van der Waals surface area contributed by atoms with Crippen molar-refractivity contribution in [1.82, 2.24) is 0 Å². The molecule has 0 bridgehead atoms. The number of aliphatic hydroxyl groups is 1. The Kier molecular flexibility index (Phi) is 6.97. The van der Waals surface area contributed by atoms with E-state index >= 15 is 0 Å². The summed E-state index contributed by atoms with van der Waals surface area (Å²) in [7, 11) is -4.30. The fourth-order valence-electron chi connectivity index (χ4n) is 6.77. The highest BCUT2D eigenvalue weighted by atomic mass is 28.4. The van der Waals surface area contributed by atoms with Crippen LogP contribution in [0.15, 0.2) is 12.2 Å². The van der Waals surface area contributed by atoms with Crippen molar-refractivity contribution >= 4 is 28.7 Å². The van der Waals surface area contributed by atoms with E-state index in [1.165, 1.54) is 0 Å². The molecule has 7 heteroatoms. The van der Waals surface area contributed by atoms with Gasteiger partial charge in [-0.2, -0.15) is 0 Å². The van der Waals surface area contributed by atoms with Crippen molar-refractivity contribution < 1.29 is 23.5 Å². The van der Waals surface area contributed by atoms with Crippen molar-refractivity contribution in [2.45, 2.75) is 116 Å². The summed E-state index contributed by atoms with van der Waals surface area (Å²) in [5.74, 6) is -0.595. The predicted molar refractivity (Wildman–Crippen MR) is 142 cm³/mol. The second-order valence-electron chi connectivity index (χ2n) is 14.1. The van der Waals surface area contributed by atoms with Crippen LogP contribution in [0.1, 0.15) is 60.8 Å². The molecule has 3 rings (SSSR count). The van der Waals surface area contributed by atoms with Crippen LogP contribution in [0.2, 0.25) is 37.8 Å². The molecule has 0 aromatic carbocycles. The number of fused-ring (bicyclic) bond motifs is 3. The Labute approximate surface area is 209 Å². The molecule has 3 aliphatic rings. The summed E-state index contributed by atoms with van der Waals surface area (Å²) in [6, 6.07) is 0. The zero-order valence-corrected chi connectivity index (χ0v) is 25.3. The molecule has 5 nitrogen and oxygen atoms in total. The van der Waals surface area contributed by atoms with Crippen molar-refractivity contribution in [3.05, 3.63) is 12.2 Å². The normalized spacial score (nSPS) is 39.6. The molecular weight excluding hydrogens is 460 g/mol. The number of carbonyl (C=O) groups is 2. The van der Waals surface area contributed by atoms with Crippen LogP contribution in [-0.2, 0) is 18.4 Å². The lowest BCUT2D eigenvalue weighted by Gasteiger charge is -2.54. The van der Waals surface area contributed by atoms with Crippen LogP contribution in [-0.4, -0.2) is 51.1 Å². The predicted octanol–water partition coefficient (Wildman–Crippen LogP) is 5.74. The van der Waals surface area contributed by atoms with Gasteiger partial charge in [-0.1, -0.05) is 53.7 Å². The van der Waals surface area contributed by atoms with E-state index in [4.69, 9.17) is 8.85 Å². The minimum Gasteiger partial charge on any atom is -0.414 e. The topological polar surface area (TPSA) is 72.8 Å². The van der Waals surface area contributed by atoms with Gasteiger partial charge in [0.2, 0.25) is 0 Å². The Balaban J connectivity index is 2.21. The van der Waals surface area contributed by atoms with Gasteiger partial charge in [-0.15, -0.1) is 0 Å². The summed E-state index contributed by atoms with van der Waals surface area (Å²) < 4.78 is 14.1. The maximum Gasteiger partial charge on any atom is 0.192 e. The van der Waals surface area contributed by atoms with Gasteiger partial charge >= 0.3 is 0 Å². The number of hydrogen-bond donors (Lipinski definition) is 1. The number of aldehydes is 1. The lowest BCUT2D eigenvalue weighted by Crippen LogP contribution is -2.65. The van der Waals surface area contributed by atoms with E-state index in [1.54, 1.807) is 6.92 Å². The first kappa shape index (κ1) is 28.0. The molecule has 0 aliphatic heterocycles. The van der Waals surface area contributed by atoms with Crippen LogP contribution in [0.5, 0.6) is 0 Å². The van der Waals surface area contributed by atoms with Gasteiger partial charge < -0.3 is 18.8 Å². The summed E-state index contributed by atoms with van der Waals surface area (Å²) in [5.41, 5.74) is -2.67. The molecule has 0 saturated heterocycles. The lowest BCUT2D eigenvalue weighted by atomic mass is 9.62. The van der Waals surface area contributed by atoms with Crippen LogP contribution in [0, 0.1) is 29.1 Å². The molecule has 194 valence electrons. The van der Waals surface area contributed by atoms with E-state index in [2.05, 4.69) is 73.4 Å². The molecular formula is C27H48O5Si2. The average molecular weight is 509 g/mol. The minimum atomic E-state index is -2.19. The standard InChI is InChI=1S/C27H48O5Si2/c1-12-21(29)26(30)15-13-14-18-22-23(25(22,5)6)19(31-34(10,11)24(2,3)4)16-27(18,20(26)17-28)32-33(7,8)9/h13-14,17-20,22-23,30H,12,15-16H2,1-11H3/t18-,19+,20+,22-,23+,26+,27+/m0/s1. The average Bonchev–Trinajstić information content (AvgIpc) is 3.26. The highest BCUT2D eigenvalue weighted by Gasteiger charge is 2.75. The van der Waals surface area contributed by atoms with Gasteiger partial charge in [-0.25, -0.2) is 0 Å². The van der Waals surface area contributed by atoms with E-state index in [1.807, 2.05) is 6.08 Å². The van der Waals surface area contributed by atoms with Gasteiger partial charge in [-0.3, -0.25) is 4.79 Å². The summed E-state index contributed by atoms with van der Waals surface area (Å²) in [6.07, 6.45) is 5.73. The smallest absolute Gasteiger partial charge is 0.192 e. The number of rotatable bonds is 7. The van der Waals surface area contributed by atoms with Crippen molar-refractivity contribution in [2.24, 2.45) is 29.1 Å². The maximum absolute atomic E-state index is 13.1. The van der Waals surface area contributed by atoms with Crippen LogP contribution >= 0.6 is 0 Å². The lowest BCUT2D eigenvalue weighted by molar-refractivity contribution is -0.175. The van der Waals surface area contributed by atoms with E-state index in [9.17, 15) is 14.7 Å². The van der Waals surface area contributed by atoms with Crippen molar-refractivity contribution in [2.75, 3.05) is 0 Å². The first-order valence-electron chi connectivity index (χ1n) is 13.0. The van der Waals surface area contributed by atoms with E-state index in [-0.39, 0.29) is 47.0 Å². The van der Waals surface area contributed by atoms with Crippen LogP contribution in [0.4, 0.5) is 0 Å². The Bertz CT molecular complexity index is 852. The van der Waals surface area contributed by atoms with Crippen LogP contribution in [0.3, 0.4) is 0 Å². The zero-order valence-electron chi connectivity index (χ0n) is 23.3. The van der Waals surface area contributed by atoms with Gasteiger partial charge in [0.05, 0.1) is 17.6 Å². The zero-order chi connectivity index (χ0) is 26.1. The third kappa shape index (κ3) is 4.38. The minimum absolute atomic E-state index is 0.0348. The molecule has 7 atom stereocenters. The molecule has 0 amide bonds. The van der Waals surface area contributed by atoms with Crippen LogP contribution < -0.4 is 0 Å². The molecule has 0 heterocycles. The number of ketones is 1. The second-order valence-corrected chi connectivity index (χ2v) is 23.3. The molecule has 0 spiro atoms. The summed E-state index contributed by atoms with van der Waals surface area (Å²) >= 11 is 0. The molecule has 2 saturated carbocycles. The molecule has 0 aromatic rings. The van der Waals surface area contributed by atoms with Crippen LogP contribution in [0.25, 0.3) is 0 Å². The van der Waals surface area contributed by atoms with Crippen molar-refractivity contribution in [3.63, 3.8) is 0 Å². The first-order chi connectivity index (χ1) is 15.3. The second kappa shape index (κ2) is 8.47. The molecule has 3 aliphatic carbocycles. The third-order valence-electron chi connectivity index (χ3n) is 9.37. The third-order valence-corrected chi connectivity index (χ3v) is 14.9. The monoisotopic (exact) mass is 508 g/mol. The van der Waals surface area contributed by atoms with Gasteiger partial charge in [-0.05, 0) is 55.0 Å². The number of carbonyl (C=O) groups excluding carboxylic acids is 2. The highest BCUT2D eigenvalue weighted by molar-refractivity contribution is 6.74. The first-order valence-corrected chi connectivity index (χ1v) is 19.4. The van der Waals surface area contributed by atoms with Gasteiger partial charge in [0.1, 0.15) is 11.9 Å². The Hall–Kier alpha value is -0.606. The van der Waals surface area contributed by atoms with E-state index < -0.39 is 33.8 Å². The number of Topliss-reactive ketones (excluding diaryl/α,β-unsaturated/α-hetero) is 1. The SMILES string of the molecule is CCC(=O)[C@@]1(O)CC=C[C@H]2[C@H]3[C@@H]([C@H](O[Si](C)(C)C(C)(C)C)C[C@]2(O[Si](C)(C)C)[C@@H]1C=O)C3(C)C. The van der Waals surface area contributed by atoms with Gasteiger partial charge in [0.25, 0.3) is 0 Å². The number of hydrogen-bond acceptors (Lipinski definition) is 5. The van der Waals surface area contributed by atoms with Crippen molar-refractivity contribution in [3.8, 4) is 0 Å². The molecule has 0 aromatic heterocycles. The Morgan fingerprint density at radius 1 is 1.15 bits per heavy atom. The molecule has 0 unspecified atom stereocenters. The summed E-state index contributed by atoms with van der Waals surface area (Å²) in [5, 5.41) is 11.9. The van der Waals surface area contributed by atoms with Gasteiger partial charge in [0, 0.05) is 25.2 Å². The van der Waals surface area contributed by atoms with E-state index in [0.29, 0.717) is 12.3 Å². The Morgan fingerprint density at radius 3 is 2.21 bits per heavy atom.